The van der Waals surface area contributed by atoms with E-state index in [4.69, 9.17) is 33.4 Å². The maximum Gasteiger partial charge on any atom is 0.252 e. The first kappa shape index (κ1) is 9.16. The van der Waals surface area contributed by atoms with E-state index in [2.05, 4.69) is 0 Å². The van der Waals surface area contributed by atoms with E-state index < -0.39 is 16.7 Å². The Morgan fingerprint density at radius 1 is 1.33 bits per heavy atom. The van der Waals surface area contributed by atoms with E-state index in [0.29, 0.717) is 0 Å². The standard InChI is InChI=1S/C7H4Cl2O3/c8-4-1-3(7(9)12)2-5(10)6(4)11/h1-2,10-11H. The molecule has 0 heterocycles. The van der Waals surface area contributed by atoms with Gasteiger partial charge in [0.1, 0.15) is 0 Å². The molecular weight excluding hydrogens is 203 g/mol. The van der Waals surface area contributed by atoms with Crippen molar-refractivity contribution in [1.29, 1.82) is 0 Å². The molecule has 0 aliphatic rings. The minimum Gasteiger partial charge on any atom is -0.504 e. The highest BCUT2D eigenvalue weighted by Crippen LogP contribution is 2.34. The lowest BCUT2D eigenvalue weighted by molar-refractivity contribution is 0.108. The molecule has 0 amide bonds. The molecular formula is C7H4Cl2O3. The average molecular weight is 207 g/mol. The normalized spacial score (nSPS) is 9.83. The lowest BCUT2D eigenvalue weighted by Crippen LogP contribution is -1.88. The molecule has 0 atom stereocenters. The maximum atomic E-state index is 10.6. The summed E-state index contributed by atoms with van der Waals surface area (Å²) >= 11 is 10.6. The summed E-state index contributed by atoms with van der Waals surface area (Å²) in [5.74, 6) is -0.926. The average Bonchev–Trinajstić information content (AvgIpc) is 1.99. The van der Waals surface area contributed by atoms with Crippen LogP contribution in [0.2, 0.25) is 5.02 Å². The zero-order chi connectivity index (χ0) is 9.30. The number of hydrogen-bond donors (Lipinski definition) is 2. The van der Waals surface area contributed by atoms with E-state index in [1.807, 2.05) is 0 Å². The molecule has 2 N–H and O–H groups in total. The van der Waals surface area contributed by atoms with Crippen LogP contribution in [0.3, 0.4) is 0 Å². The molecule has 0 radical (unpaired) electrons. The van der Waals surface area contributed by atoms with Gasteiger partial charge in [-0.15, -0.1) is 0 Å². The quantitative estimate of drug-likeness (QED) is 0.547. The van der Waals surface area contributed by atoms with E-state index in [0.717, 1.165) is 6.07 Å². The van der Waals surface area contributed by atoms with Gasteiger partial charge in [-0.25, -0.2) is 0 Å². The highest BCUT2D eigenvalue weighted by Gasteiger charge is 2.10. The summed E-state index contributed by atoms with van der Waals surface area (Å²) < 4.78 is 0. The molecule has 0 aliphatic heterocycles. The van der Waals surface area contributed by atoms with Gasteiger partial charge in [0, 0.05) is 5.56 Å². The maximum absolute atomic E-state index is 10.6. The minimum absolute atomic E-state index is 0.0389. The van der Waals surface area contributed by atoms with Gasteiger partial charge in [0.25, 0.3) is 5.24 Å². The van der Waals surface area contributed by atoms with E-state index >= 15 is 0 Å². The topological polar surface area (TPSA) is 57.5 Å². The van der Waals surface area contributed by atoms with Gasteiger partial charge in [-0.1, -0.05) is 11.6 Å². The second-order valence-corrected chi connectivity index (χ2v) is 2.85. The fourth-order valence-electron chi connectivity index (χ4n) is 0.698. The fourth-order valence-corrected chi connectivity index (χ4v) is 1.02. The number of carbonyl (C=O) groups excluding carboxylic acids is 1. The van der Waals surface area contributed by atoms with Gasteiger partial charge in [-0.3, -0.25) is 4.79 Å². The molecule has 0 spiro atoms. The first-order valence-electron chi connectivity index (χ1n) is 2.93. The molecule has 5 heteroatoms. The van der Waals surface area contributed by atoms with Crippen LogP contribution in [0.15, 0.2) is 12.1 Å². The van der Waals surface area contributed by atoms with Crippen LogP contribution < -0.4 is 0 Å². The Balaban J connectivity index is 3.31. The second kappa shape index (κ2) is 3.21. The first-order chi connectivity index (χ1) is 5.52. The van der Waals surface area contributed by atoms with E-state index in [1.165, 1.54) is 6.07 Å². The van der Waals surface area contributed by atoms with Crippen molar-refractivity contribution in [3.8, 4) is 11.5 Å². The number of phenols is 2. The van der Waals surface area contributed by atoms with Gasteiger partial charge in [0.15, 0.2) is 11.5 Å². The van der Waals surface area contributed by atoms with Gasteiger partial charge in [0.2, 0.25) is 0 Å². The largest absolute Gasteiger partial charge is 0.504 e. The smallest absolute Gasteiger partial charge is 0.252 e. The molecule has 0 bridgehead atoms. The number of rotatable bonds is 1. The third-order valence-corrected chi connectivity index (χ3v) is 1.78. The van der Waals surface area contributed by atoms with Crippen LogP contribution >= 0.6 is 23.2 Å². The van der Waals surface area contributed by atoms with Gasteiger partial charge < -0.3 is 10.2 Å². The third kappa shape index (κ3) is 1.62. The van der Waals surface area contributed by atoms with Crippen molar-refractivity contribution in [3.05, 3.63) is 22.7 Å². The second-order valence-electron chi connectivity index (χ2n) is 2.10. The van der Waals surface area contributed by atoms with Crippen molar-refractivity contribution in [2.24, 2.45) is 0 Å². The summed E-state index contributed by atoms with van der Waals surface area (Å²) in [5.41, 5.74) is 0.0389. The fraction of sp³-hybridized carbons (Fsp3) is 0. The third-order valence-electron chi connectivity index (χ3n) is 1.27. The van der Waals surface area contributed by atoms with E-state index in [-0.39, 0.29) is 10.6 Å². The Kier molecular flexibility index (Phi) is 2.45. The molecule has 0 aliphatic carbocycles. The summed E-state index contributed by atoms with van der Waals surface area (Å²) in [4.78, 5) is 10.6. The molecule has 0 saturated carbocycles. The van der Waals surface area contributed by atoms with Crippen LogP contribution in [0.25, 0.3) is 0 Å². The summed E-state index contributed by atoms with van der Waals surface area (Å²) in [7, 11) is 0. The predicted molar refractivity (Wildman–Crippen MR) is 45.0 cm³/mol. The summed E-state index contributed by atoms with van der Waals surface area (Å²) in [6.07, 6.45) is 0. The Hall–Kier alpha value is -0.930. The van der Waals surface area contributed by atoms with Crippen LogP contribution in [0.4, 0.5) is 0 Å². The Labute approximate surface area is 78.2 Å². The molecule has 1 aromatic rings. The van der Waals surface area contributed by atoms with Crippen molar-refractivity contribution in [1.82, 2.24) is 0 Å². The van der Waals surface area contributed by atoms with E-state index in [9.17, 15) is 4.79 Å². The number of phenolic OH excluding ortho intramolecular Hbond substituents is 2. The van der Waals surface area contributed by atoms with Crippen LogP contribution in [0, 0.1) is 0 Å². The van der Waals surface area contributed by atoms with Gasteiger partial charge in [-0.05, 0) is 23.7 Å². The number of benzene rings is 1. The number of halogens is 2. The zero-order valence-corrected chi connectivity index (χ0v) is 7.23. The molecule has 0 fully saturated rings. The van der Waals surface area contributed by atoms with Crippen LogP contribution in [0.5, 0.6) is 11.5 Å². The van der Waals surface area contributed by atoms with Gasteiger partial charge >= 0.3 is 0 Å². The predicted octanol–water partition coefficient (Wildman–Crippen LogP) is 2.13. The number of aromatic hydroxyl groups is 2. The van der Waals surface area contributed by atoms with Crippen molar-refractivity contribution in [3.63, 3.8) is 0 Å². The number of hydrogen-bond acceptors (Lipinski definition) is 3. The summed E-state index contributed by atoms with van der Waals surface area (Å²) in [5, 5.41) is 17.1. The highest BCUT2D eigenvalue weighted by molar-refractivity contribution is 6.67. The summed E-state index contributed by atoms with van der Waals surface area (Å²) in [6.45, 7) is 0. The monoisotopic (exact) mass is 206 g/mol. The van der Waals surface area contributed by atoms with Crippen LogP contribution in [0.1, 0.15) is 10.4 Å². The Morgan fingerprint density at radius 2 is 1.92 bits per heavy atom. The Bertz CT molecular complexity index is 312. The molecule has 1 rings (SSSR count). The van der Waals surface area contributed by atoms with Crippen LogP contribution in [-0.4, -0.2) is 15.5 Å². The molecule has 3 nitrogen and oxygen atoms in total. The van der Waals surface area contributed by atoms with Crippen molar-refractivity contribution in [2.75, 3.05) is 0 Å². The number of carbonyl (C=O) groups is 1. The lowest BCUT2D eigenvalue weighted by Gasteiger charge is -2.01. The van der Waals surface area contributed by atoms with Crippen molar-refractivity contribution >= 4 is 28.4 Å². The molecule has 0 aromatic heterocycles. The summed E-state index contributed by atoms with van der Waals surface area (Å²) in [6, 6.07) is 2.21. The Morgan fingerprint density at radius 3 is 2.33 bits per heavy atom. The van der Waals surface area contributed by atoms with Crippen LogP contribution in [-0.2, 0) is 0 Å². The van der Waals surface area contributed by atoms with E-state index in [1.54, 1.807) is 0 Å². The molecule has 12 heavy (non-hydrogen) atoms. The van der Waals surface area contributed by atoms with Gasteiger partial charge in [-0.2, -0.15) is 0 Å². The minimum atomic E-state index is -0.743. The molecule has 0 saturated heterocycles. The molecule has 64 valence electrons. The highest BCUT2D eigenvalue weighted by atomic mass is 35.5. The first-order valence-corrected chi connectivity index (χ1v) is 3.69. The van der Waals surface area contributed by atoms with Crippen molar-refractivity contribution in [2.45, 2.75) is 0 Å². The zero-order valence-electron chi connectivity index (χ0n) is 5.71. The molecule has 0 unspecified atom stereocenters. The van der Waals surface area contributed by atoms with Gasteiger partial charge in [0.05, 0.1) is 5.02 Å². The lowest BCUT2D eigenvalue weighted by atomic mass is 10.2. The molecule has 1 aromatic carbocycles. The van der Waals surface area contributed by atoms with Crippen molar-refractivity contribution < 1.29 is 15.0 Å². The SMILES string of the molecule is O=C(Cl)c1cc(O)c(O)c(Cl)c1.